The van der Waals surface area contributed by atoms with Crippen molar-refractivity contribution in [2.75, 3.05) is 36.5 Å². The third-order valence-electron chi connectivity index (χ3n) is 6.09. The fourth-order valence-corrected chi connectivity index (χ4v) is 4.38. The molecule has 0 bridgehead atoms. The Labute approximate surface area is 196 Å². The van der Waals surface area contributed by atoms with Gasteiger partial charge in [-0.3, -0.25) is 14.5 Å². The van der Waals surface area contributed by atoms with Crippen molar-refractivity contribution in [2.24, 2.45) is 0 Å². The zero-order valence-corrected chi connectivity index (χ0v) is 19.6. The SMILES string of the molecule is CCCOc1ccc(C2=C(Nc3ccc(N4CCCCC4)cc3)C(=O)N(CCC)C2=O)cc1. The van der Waals surface area contributed by atoms with Gasteiger partial charge in [0.25, 0.3) is 11.8 Å². The molecule has 2 heterocycles. The van der Waals surface area contributed by atoms with Crippen molar-refractivity contribution in [1.29, 1.82) is 0 Å². The van der Waals surface area contributed by atoms with E-state index >= 15 is 0 Å². The van der Waals surface area contributed by atoms with Crippen molar-refractivity contribution in [2.45, 2.75) is 46.0 Å². The fourth-order valence-electron chi connectivity index (χ4n) is 4.38. The first kappa shape index (κ1) is 22.9. The van der Waals surface area contributed by atoms with Crippen molar-refractivity contribution in [3.05, 3.63) is 59.8 Å². The maximum Gasteiger partial charge on any atom is 0.278 e. The average molecular weight is 448 g/mol. The minimum absolute atomic E-state index is 0.253. The quantitative estimate of drug-likeness (QED) is 0.544. The van der Waals surface area contributed by atoms with Gasteiger partial charge in [0.2, 0.25) is 0 Å². The summed E-state index contributed by atoms with van der Waals surface area (Å²) in [4.78, 5) is 30.1. The Balaban J connectivity index is 1.60. The number of amides is 2. The van der Waals surface area contributed by atoms with E-state index in [0.29, 0.717) is 36.4 Å². The van der Waals surface area contributed by atoms with Crippen LogP contribution in [0.15, 0.2) is 54.2 Å². The molecule has 1 fully saturated rings. The molecule has 2 aliphatic rings. The smallest absolute Gasteiger partial charge is 0.278 e. The Bertz CT molecular complexity index is 1010. The lowest BCUT2D eigenvalue weighted by atomic mass is 10.0. The summed E-state index contributed by atoms with van der Waals surface area (Å²) >= 11 is 0. The Morgan fingerprint density at radius 1 is 0.848 bits per heavy atom. The third-order valence-corrected chi connectivity index (χ3v) is 6.09. The number of hydrogen-bond donors (Lipinski definition) is 1. The third kappa shape index (κ3) is 5.05. The van der Waals surface area contributed by atoms with Gasteiger partial charge in [0.1, 0.15) is 11.4 Å². The number of ether oxygens (including phenoxy) is 1. The molecular formula is C27H33N3O3. The second-order valence-corrected chi connectivity index (χ2v) is 8.60. The van der Waals surface area contributed by atoms with Crippen LogP contribution in [-0.2, 0) is 9.59 Å². The highest BCUT2D eigenvalue weighted by Gasteiger charge is 2.38. The van der Waals surface area contributed by atoms with Gasteiger partial charge in [-0.25, -0.2) is 0 Å². The van der Waals surface area contributed by atoms with E-state index in [2.05, 4.69) is 29.3 Å². The topological polar surface area (TPSA) is 61.9 Å². The first-order chi connectivity index (χ1) is 16.1. The van der Waals surface area contributed by atoms with Crippen LogP contribution in [0.2, 0.25) is 0 Å². The molecule has 0 aromatic heterocycles. The molecule has 6 heteroatoms. The average Bonchev–Trinajstić information content (AvgIpc) is 3.08. The number of rotatable bonds is 9. The summed E-state index contributed by atoms with van der Waals surface area (Å²) in [6.45, 7) is 7.23. The lowest BCUT2D eigenvalue weighted by Gasteiger charge is -2.28. The van der Waals surface area contributed by atoms with Gasteiger partial charge in [0.05, 0.1) is 12.2 Å². The summed E-state index contributed by atoms with van der Waals surface area (Å²) in [6.07, 6.45) is 5.39. The van der Waals surface area contributed by atoms with Crippen molar-refractivity contribution >= 4 is 28.8 Å². The maximum atomic E-state index is 13.2. The van der Waals surface area contributed by atoms with Gasteiger partial charge in [-0.05, 0) is 74.1 Å². The molecular weight excluding hydrogens is 414 g/mol. The zero-order valence-electron chi connectivity index (χ0n) is 19.6. The van der Waals surface area contributed by atoms with E-state index < -0.39 is 0 Å². The number of carbonyl (C=O) groups excluding carboxylic acids is 2. The number of anilines is 2. The molecule has 0 saturated carbocycles. The zero-order chi connectivity index (χ0) is 23.2. The molecule has 0 radical (unpaired) electrons. The summed E-state index contributed by atoms with van der Waals surface area (Å²) < 4.78 is 5.67. The Hall–Kier alpha value is -3.28. The molecule has 4 rings (SSSR count). The van der Waals surface area contributed by atoms with Gasteiger partial charge in [0, 0.05) is 31.0 Å². The van der Waals surface area contributed by atoms with Crippen molar-refractivity contribution < 1.29 is 14.3 Å². The Morgan fingerprint density at radius 3 is 2.18 bits per heavy atom. The molecule has 1 saturated heterocycles. The van der Waals surface area contributed by atoms with Crippen LogP contribution in [0.4, 0.5) is 11.4 Å². The van der Waals surface area contributed by atoms with Crippen LogP contribution in [-0.4, -0.2) is 43.0 Å². The number of nitrogens with zero attached hydrogens (tertiary/aromatic N) is 2. The Kier molecular flexibility index (Phi) is 7.33. The summed E-state index contributed by atoms with van der Waals surface area (Å²) in [7, 11) is 0. The second-order valence-electron chi connectivity index (χ2n) is 8.60. The predicted octanol–water partition coefficient (Wildman–Crippen LogP) is 5.07. The molecule has 0 aliphatic carbocycles. The van der Waals surface area contributed by atoms with Crippen LogP contribution in [0.25, 0.3) is 5.57 Å². The molecule has 2 aromatic rings. The van der Waals surface area contributed by atoms with Gasteiger partial charge in [-0.2, -0.15) is 0 Å². The van der Waals surface area contributed by atoms with Crippen LogP contribution < -0.4 is 15.0 Å². The number of nitrogens with one attached hydrogen (secondary N) is 1. The van der Waals surface area contributed by atoms with E-state index in [9.17, 15) is 9.59 Å². The van der Waals surface area contributed by atoms with Gasteiger partial charge < -0.3 is 15.0 Å². The van der Waals surface area contributed by atoms with Gasteiger partial charge >= 0.3 is 0 Å². The van der Waals surface area contributed by atoms with Crippen LogP contribution in [0.1, 0.15) is 51.5 Å². The Morgan fingerprint density at radius 2 is 1.55 bits per heavy atom. The van der Waals surface area contributed by atoms with Crippen molar-refractivity contribution in [3.63, 3.8) is 0 Å². The van der Waals surface area contributed by atoms with Crippen molar-refractivity contribution in [3.8, 4) is 5.75 Å². The molecule has 6 nitrogen and oxygen atoms in total. The largest absolute Gasteiger partial charge is 0.494 e. The lowest BCUT2D eigenvalue weighted by Crippen LogP contribution is -2.33. The first-order valence-corrected chi connectivity index (χ1v) is 12.1. The molecule has 2 amide bonds. The van der Waals surface area contributed by atoms with E-state index in [-0.39, 0.29) is 11.8 Å². The predicted molar refractivity (Wildman–Crippen MR) is 132 cm³/mol. The van der Waals surface area contributed by atoms with Crippen LogP contribution in [0, 0.1) is 0 Å². The molecule has 2 aliphatic heterocycles. The van der Waals surface area contributed by atoms with Gasteiger partial charge in [-0.1, -0.05) is 26.0 Å². The summed E-state index contributed by atoms with van der Waals surface area (Å²) in [5.74, 6) is 0.228. The van der Waals surface area contributed by atoms with E-state index in [1.807, 2.05) is 43.3 Å². The molecule has 174 valence electrons. The van der Waals surface area contributed by atoms with E-state index in [0.717, 1.165) is 30.9 Å². The van der Waals surface area contributed by atoms with E-state index in [4.69, 9.17) is 4.74 Å². The van der Waals surface area contributed by atoms with E-state index in [1.54, 1.807) is 0 Å². The van der Waals surface area contributed by atoms with Crippen LogP contribution >= 0.6 is 0 Å². The molecule has 1 N–H and O–H groups in total. The first-order valence-electron chi connectivity index (χ1n) is 12.1. The number of piperidine rings is 1. The second kappa shape index (κ2) is 10.6. The highest BCUT2D eigenvalue weighted by atomic mass is 16.5. The summed E-state index contributed by atoms with van der Waals surface area (Å²) in [5, 5.41) is 3.25. The van der Waals surface area contributed by atoms with Gasteiger partial charge in [-0.15, -0.1) is 0 Å². The highest BCUT2D eigenvalue weighted by molar-refractivity contribution is 6.36. The lowest BCUT2D eigenvalue weighted by molar-refractivity contribution is -0.136. The molecule has 33 heavy (non-hydrogen) atoms. The minimum atomic E-state index is -0.275. The number of hydrogen-bond acceptors (Lipinski definition) is 5. The fraction of sp³-hybridized carbons (Fsp3) is 0.407. The number of carbonyl (C=O) groups is 2. The van der Waals surface area contributed by atoms with Crippen LogP contribution in [0.5, 0.6) is 5.75 Å². The monoisotopic (exact) mass is 447 g/mol. The van der Waals surface area contributed by atoms with Crippen molar-refractivity contribution in [1.82, 2.24) is 4.90 Å². The standard InChI is InChI=1S/C27H33N3O3/c1-3-16-30-26(31)24(20-8-14-23(15-9-20)33-19-4-2)25(27(30)32)28-21-10-12-22(13-11-21)29-17-6-5-7-18-29/h8-15,28H,3-7,16-19H2,1-2H3. The molecule has 0 spiro atoms. The summed E-state index contributed by atoms with van der Waals surface area (Å²) in [6, 6.07) is 15.5. The minimum Gasteiger partial charge on any atom is -0.494 e. The molecule has 2 aromatic carbocycles. The normalized spacial score (nSPS) is 16.5. The number of imide groups is 1. The molecule has 0 unspecified atom stereocenters. The molecule has 0 atom stereocenters. The summed E-state index contributed by atoms with van der Waals surface area (Å²) in [5.41, 5.74) is 3.45. The van der Waals surface area contributed by atoms with E-state index in [1.165, 1.54) is 29.8 Å². The maximum absolute atomic E-state index is 13.2. The van der Waals surface area contributed by atoms with Gasteiger partial charge in [0.15, 0.2) is 0 Å². The highest BCUT2D eigenvalue weighted by Crippen LogP contribution is 2.32. The number of benzene rings is 2. The van der Waals surface area contributed by atoms with Crippen LogP contribution in [0.3, 0.4) is 0 Å².